The van der Waals surface area contributed by atoms with Gasteiger partial charge in [0, 0.05) is 19.1 Å². The molecule has 0 bridgehead atoms. The number of aliphatic imine (C=N–C) groups is 1. The molecular formula is C15H23BrN6. The van der Waals surface area contributed by atoms with Crippen molar-refractivity contribution in [2.75, 3.05) is 37.9 Å². The number of hydrogen-bond donors (Lipinski definition) is 1. The van der Waals surface area contributed by atoms with Crippen molar-refractivity contribution in [2.24, 2.45) is 4.99 Å². The Morgan fingerprint density at radius 2 is 2.00 bits per heavy atom. The molecule has 2 heterocycles. The van der Waals surface area contributed by atoms with Crippen molar-refractivity contribution < 1.29 is 0 Å². The average molecular weight is 367 g/mol. The van der Waals surface area contributed by atoms with Gasteiger partial charge in [0.2, 0.25) is 5.95 Å². The van der Waals surface area contributed by atoms with Crippen molar-refractivity contribution in [1.29, 1.82) is 0 Å². The molecule has 1 aromatic heterocycles. The zero-order valence-electron chi connectivity index (χ0n) is 13.4. The Morgan fingerprint density at radius 1 is 1.27 bits per heavy atom. The van der Waals surface area contributed by atoms with Gasteiger partial charge in [-0.2, -0.15) is 4.98 Å². The maximum absolute atomic E-state index is 4.64. The number of anilines is 2. The molecule has 1 aliphatic carbocycles. The zero-order valence-corrected chi connectivity index (χ0v) is 15.0. The van der Waals surface area contributed by atoms with Crippen LogP contribution in [0.3, 0.4) is 0 Å². The zero-order chi connectivity index (χ0) is 15.7. The maximum atomic E-state index is 4.64. The van der Waals surface area contributed by atoms with Gasteiger partial charge in [-0.15, -0.1) is 0 Å². The van der Waals surface area contributed by atoms with Crippen LogP contribution in [0.1, 0.15) is 25.7 Å². The van der Waals surface area contributed by atoms with Crippen LogP contribution in [-0.4, -0.2) is 59.3 Å². The summed E-state index contributed by atoms with van der Waals surface area (Å²) >= 11 is 3.45. The molecule has 0 aromatic carbocycles. The molecule has 0 atom stereocenters. The summed E-state index contributed by atoms with van der Waals surface area (Å²) < 4.78 is 0.911. The SMILES string of the molecule is CN1CC(Br)=Nc2cnc(NC3CCC(N(C)C)CC3)nc21. The van der Waals surface area contributed by atoms with Gasteiger partial charge >= 0.3 is 0 Å². The lowest BCUT2D eigenvalue weighted by Gasteiger charge is -2.33. The van der Waals surface area contributed by atoms with Crippen LogP contribution in [-0.2, 0) is 0 Å². The van der Waals surface area contributed by atoms with E-state index >= 15 is 0 Å². The van der Waals surface area contributed by atoms with Crippen LogP contribution in [0.5, 0.6) is 0 Å². The van der Waals surface area contributed by atoms with E-state index in [1.807, 2.05) is 7.05 Å². The molecule has 0 unspecified atom stereocenters. The number of nitrogens with zero attached hydrogens (tertiary/aromatic N) is 5. The molecule has 1 saturated carbocycles. The molecule has 0 radical (unpaired) electrons. The predicted octanol–water partition coefficient (Wildman–Crippen LogP) is 2.64. The third kappa shape index (κ3) is 3.41. The van der Waals surface area contributed by atoms with E-state index in [1.54, 1.807) is 6.20 Å². The molecule has 22 heavy (non-hydrogen) atoms. The minimum Gasteiger partial charge on any atom is -0.351 e. The first kappa shape index (κ1) is 15.7. The second kappa shape index (κ2) is 6.50. The second-order valence-corrected chi connectivity index (χ2v) is 7.28. The van der Waals surface area contributed by atoms with E-state index in [1.165, 1.54) is 25.7 Å². The van der Waals surface area contributed by atoms with Crippen molar-refractivity contribution in [1.82, 2.24) is 14.9 Å². The summed E-state index contributed by atoms with van der Waals surface area (Å²) in [6.07, 6.45) is 6.60. The minimum absolute atomic E-state index is 0.471. The Morgan fingerprint density at radius 3 is 2.68 bits per heavy atom. The normalized spacial score (nSPS) is 25.0. The van der Waals surface area contributed by atoms with Crippen molar-refractivity contribution in [3.05, 3.63) is 6.20 Å². The van der Waals surface area contributed by atoms with E-state index in [0.29, 0.717) is 18.0 Å². The van der Waals surface area contributed by atoms with Crippen molar-refractivity contribution in [3.8, 4) is 0 Å². The van der Waals surface area contributed by atoms with Crippen LogP contribution in [0.25, 0.3) is 0 Å². The maximum Gasteiger partial charge on any atom is 0.224 e. The lowest BCUT2D eigenvalue weighted by atomic mass is 9.91. The minimum atomic E-state index is 0.471. The Hall–Kier alpha value is -1.21. The molecule has 0 spiro atoms. The predicted molar refractivity (Wildman–Crippen MR) is 94.7 cm³/mol. The fraction of sp³-hybridized carbons (Fsp3) is 0.667. The van der Waals surface area contributed by atoms with Crippen LogP contribution in [0.15, 0.2) is 11.2 Å². The van der Waals surface area contributed by atoms with E-state index in [-0.39, 0.29) is 0 Å². The monoisotopic (exact) mass is 366 g/mol. The van der Waals surface area contributed by atoms with Crippen LogP contribution in [0, 0.1) is 0 Å². The summed E-state index contributed by atoms with van der Waals surface area (Å²) in [6, 6.07) is 1.18. The molecule has 120 valence electrons. The third-order valence-electron chi connectivity index (χ3n) is 4.48. The van der Waals surface area contributed by atoms with E-state index in [9.17, 15) is 0 Å². The van der Waals surface area contributed by atoms with E-state index in [2.05, 4.69) is 60.1 Å². The fourth-order valence-corrected chi connectivity index (χ4v) is 3.72. The first-order chi connectivity index (χ1) is 10.5. The highest BCUT2D eigenvalue weighted by atomic mass is 79.9. The van der Waals surface area contributed by atoms with Gasteiger partial charge in [0.15, 0.2) is 5.82 Å². The highest BCUT2D eigenvalue weighted by Gasteiger charge is 2.24. The molecule has 1 N–H and O–H groups in total. The smallest absolute Gasteiger partial charge is 0.224 e. The van der Waals surface area contributed by atoms with Gasteiger partial charge in [-0.3, -0.25) is 0 Å². The Labute approximate surface area is 140 Å². The fourth-order valence-electron chi connectivity index (χ4n) is 3.15. The van der Waals surface area contributed by atoms with Crippen molar-refractivity contribution in [2.45, 2.75) is 37.8 Å². The summed E-state index contributed by atoms with van der Waals surface area (Å²) in [5.74, 6) is 1.61. The highest BCUT2D eigenvalue weighted by molar-refractivity contribution is 9.18. The highest BCUT2D eigenvalue weighted by Crippen LogP contribution is 2.31. The van der Waals surface area contributed by atoms with Gasteiger partial charge in [-0.1, -0.05) is 0 Å². The number of fused-ring (bicyclic) bond motifs is 1. The summed E-state index contributed by atoms with van der Waals surface area (Å²) in [6.45, 7) is 0.747. The number of hydrogen-bond acceptors (Lipinski definition) is 6. The molecule has 1 aromatic rings. The first-order valence-corrected chi connectivity index (χ1v) is 8.56. The van der Waals surface area contributed by atoms with Crippen molar-refractivity contribution >= 4 is 38.0 Å². The van der Waals surface area contributed by atoms with Gasteiger partial charge in [0.25, 0.3) is 0 Å². The molecule has 3 rings (SSSR count). The summed E-state index contributed by atoms with van der Waals surface area (Å²) in [7, 11) is 6.35. The molecule has 2 aliphatic rings. The number of aromatic nitrogens is 2. The molecule has 0 amide bonds. The number of halogens is 1. The van der Waals surface area contributed by atoms with Gasteiger partial charge in [0.05, 0.1) is 12.7 Å². The van der Waals surface area contributed by atoms with E-state index < -0.39 is 0 Å². The molecule has 0 saturated heterocycles. The average Bonchev–Trinajstić information content (AvgIpc) is 2.48. The lowest BCUT2D eigenvalue weighted by molar-refractivity contribution is 0.221. The second-order valence-electron chi connectivity index (χ2n) is 6.36. The largest absolute Gasteiger partial charge is 0.351 e. The number of rotatable bonds is 3. The van der Waals surface area contributed by atoms with Crippen molar-refractivity contribution in [3.63, 3.8) is 0 Å². The van der Waals surface area contributed by atoms with Crippen LogP contribution >= 0.6 is 15.9 Å². The van der Waals surface area contributed by atoms with Crippen LogP contribution in [0.4, 0.5) is 17.5 Å². The molecule has 1 fully saturated rings. The Balaban J connectivity index is 1.66. The number of nitrogens with one attached hydrogen (secondary N) is 1. The molecule has 6 nitrogen and oxygen atoms in total. The third-order valence-corrected chi connectivity index (χ3v) is 4.91. The quantitative estimate of drug-likeness (QED) is 0.890. The van der Waals surface area contributed by atoms with Gasteiger partial charge in [0.1, 0.15) is 10.3 Å². The van der Waals surface area contributed by atoms with E-state index in [4.69, 9.17) is 0 Å². The summed E-state index contributed by atoms with van der Waals surface area (Å²) in [5, 5.41) is 3.49. The summed E-state index contributed by atoms with van der Waals surface area (Å²) in [4.78, 5) is 17.9. The standard InChI is InChI=1S/C15H23BrN6/c1-21(2)11-6-4-10(5-7-11)18-15-17-8-12-14(20-15)22(3)9-13(16)19-12/h8,10-11H,4-7,9H2,1-3H3,(H,17,18,20). The molecule has 7 heteroatoms. The van der Waals surface area contributed by atoms with Gasteiger partial charge < -0.3 is 15.1 Å². The topological polar surface area (TPSA) is 56.7 Å². The summed E-state index contributed by atoms with van der Waals surface area (Å²) in [5.41, 5.74) is 0.822. The Bertz CT molecular complexity index is 565. The van der Waals surface area contributed by atoms with Gasteiger partial charge in [-0.25, -0.2) is 9.98 Å². The van der Waals surface area contributed by atoms with Gasteiger partial charge in [-0.05, 0) is 55.7 Å². The van der Waals surface area contributed by atoms with E-state index in [0.717, 1.165) is 22.7 Å². The molecular weight excluding hydrogens is 344 g/mol. The van der Waals surface area contributed by atoms with Crippen LogP contribution in [0.2, 0.25) is 0 Å². The Kier molecular flexibility index (Phi) is 4.63. The lowest BCUT2D eigenvalue weighted by Crippen LogP contribution is -2.36. The first-order valence-electron chi connectivity index (χ1n) is 7.77. The molecule has 1 aliphatic heterocycles. The van der Waals surface area contributed by atoms with Crippen LogP contribution < -0.4 is 10.2 Å².